The second-order valence-corrected chi connectivity index (χ2v) is 7.33. The van der Waals surface area contributed by atoms with Crippen molar-refractivity contribution in [3.63, 3.8) is 0 Å². The van der Waals surface area contributed by atoms with Gasteiger partial charge in [0.25, 0.3) is 5.91 Å². The summed E-state index contributed by atoms with van der Waals surface area (Å²) in [5, 5.41) is 8.91. The summed E-state index contributed by atoms with van der Waals surface area (Å²) in [5.41, 5.74) is 1.25. The van der Waals surface area contributed by atoms with Gasteiger partial charge in [-0.25, -0.2) is 0 Å². The normalized spacial score (nSPS) is 28.8. The summed E-state index contributed by atoms with van der Waals surface area (Å²) in [7, 11) is 0. The zero-order chi connectivity index (χ0) is 17.4. The summed E-state index contributed by atoms with van der Waals surface area (Å²) in [6, 6.07) is 9.19. The molecular weight excluding hydrogens is 318 g/mol. The minimum atomic E-state index is -0.290. The van der Waals surface area contributed by atoms with E-state index in [1.807, 2.05) is 17.0 Å². The smallest absolute Gasteiger partial charge is 0.251 e. The maximum Gasteiger partial charge on any atom is 0.251 e. The van der Waals surface area contributed by atoms with E-state index in [9.17, 15) is 9.59 Å². The minimum Gasteiger partial charge on any atom is -0.368 e. The van der Waals surface area contributed by atoms with Crippen molar-refractivity contribution in [2.75, 3.05) is 31.1 Å². The Morgan fingerprint density at radius 3 is 2.76 bits per heavy atom. The van der Waals surface area contributed by atoms with Crippen LogP contribution in [0.1, 0.15) is 31.2 Å². The Labute approximate surface area is 147 Å². The van der Waals surface area contributed by atoms with E-state index in [4.69, 9.17) is 10.00 Å². The summed E-state index contributed by atoms with van der Waals surface area (Å²) < 4.78 is 5.52. The first-order chi connectivity index (χ1) is 12.1. The lowest BCUT2D eigenvalue weighted by Gasteiger charge is -2.25. The van der Waals surface area contributed by atoms with Crippen LogP contribution in [-0.4, -0.2) is 49.1 Å². The van der Waals surface area contributed by atoms with Crippen LogP contribution in [0.5, 0.6) is 0 Å². The number of carbonyl (C=O) groups is 2. The van der Waals surface area contributed by atoms with Crippen LogP contribution < -0.4 is 4.90 Å². The second-order valence-electron chi connectivity index (χ2n) is 7.33. The predicted molar refractivity (Wildman–Crippen MR) is 90.7 cm³/mol. The van der Waals surface area contributed by atoms with E-state index < -0.39 is 0 Å². The molecule has 130 valence electrons. The Kier molecular flexibility index (Phi) is 3.97. The van der Waals surface area contributed by atoms with Crippen molar-refractivity contribution in [1.82, 2.24) is 4.90 Å². The van der Waals surface area contributed by atoms with E-state index in [1.165, 1.54) is 0 Å². The fourth-order valence-corrected chi connectivity index (χ4v) is 4.22. The Bertz CT molecular complexity index is 733. The number of hydrogen-bond donors (Lipinski definition) is 0. The second kappa shape index (κ2) is 6.16. The molecule has 0 radical (unpaired) electrons. The lowest BCUT2D eigenvalue weighted by atomic mass is 9.86. The van der Waals surface area contributed by atoms with Gasteiger partial charge in [0.2, 0.25) is 5.91 Å². The van der Waals surface area contributed by atoms with E-state index in [-0.39, 0.29) is 23.3 Å². The van der Waals surface area contributed by atoms with Crippen LogP contribution in [0, 0.1) is 16.7 Å². The summed E-state index contributed by atoms with van der Waals surface area (Å²) in [4.78, 5) is 28.8. The van der Waals surface area contributed by atoms with E-state index in [1.54, 1.807) is 17.0 Å². The molecule has 2 atom stereocenters. The molecule has 3 fully saturated rings. The molecule has 4 rings (SSSR count). The molecule has 0 saturated carbocycles. The highest BCUT2D eigenvalue weighted by Crippen LogP contribution is 2.42. The molecular formula is C19H21N3O3. The highest BCUT2D eigenvalue weighted by molar-refractivity contribution is 5.96. The topological polar surface area (TPSA) is 73.6 Å². The van der Waals surface area contributed by atoms with Crippen molar-refractivity contribution in [1.29, 1.82) is 5.26 Å². The average Bonchev–Trinajstić information content (AvgIpc) is 3.36. The van der Waals surface area contributed by atoms with Crippen LogP contribution in [0.25, 0.3) is 0 Å². The van der Waals surface area contributed by atoms with Crippen molar-refractivity contribution in [3.8, 4) is 6.07 Å². The molecule has 1 aromatic rings. The first-order valence-corrected chi connectivity index (χ1v) is 8.81. The zero-order valence-electron chi connectivity index (χ0n) is 14.1. The van der Waals surface area contributed by atoms with Gasteiger partial charge >= 0.3 is 0 Å². The van der Waals surface area contributed by atoms with Crippen molar-refractivity contribution in [3.05, 3.63) is 29.8 Å². The number of carbonyl (C=O) groups excluding carboxylic acids is 2. The number of likely N-dealkylation sites (tertiary alicyclic amines) is 1. The molecule has 6 nitrogen and oxygen atoms in total. The molecule has 0 aromatic heterocycles. The maximum atomic E-state index is 12.6. The summed E-state index contributed by atoms with van der Waals surface area (Å²) >= 11 is 0. The van der Waals surface area contributed by atoms with Gasteiger partial charge < -0.3 is 14.5 Å². The largest absolute Gasteiger partial charge is 0.368 e. The summed E-state index contributed by atoms with van der Waals surface area (Å²) in [5.74, 6) is 0.176. The Hall–Kier alpha value is -2.39. The Morgan fingerprint density at radius 2 is 2.08 bits per heavy atom. The standard InChI is InChI=1S/C19H21N3O3/c20-11-14-3-5-15(6-4-14)22-13-19(10-17(22)23)7-8-21(12-19)18(24)16-2-1-9-25-16/h3-6,16H,1-2,7-10,12-13H2/t16-,19-/m1/s1. The first kappa shape index (κ1) is 16.1. The van der Waals surface area contributed by atoms with Crippen molar-refractivity contribution < 1.29 is 14.3 Å². The van der Waals surface area contributed by atoms with Crippen LogP contribution in [0.2, 0.25) is 0 Å². The molecule has 3 aliphatic heterocycles. The molecule has 25 heavy (non-hydrogen) atoms. The van der Waals surface area contributed by atoms with Gasteiger partial charge in [0.1, 0.15) is 6.10 Å². The van der Waals surface area contributed by atoms with Crippen molar-refractivity contribution in [2.45, 2.75) is 31.8 Å². The molecule has 6 heteroatoms. The van der Waals surface area contributed by atoms with E-state index in [0.717, 1.165) is 24.9 Å². The van der Waals surface area contributed by atoms with Gasteiger partial charge in [-0.05, 0) is 43.5 Å². The average molecular weight is 339 g/mol. The molecule has 0 aliphatic carbocycles. The van der Waals surface area contributed by atoms with Gasteiger partial charge in [0, 0.05) is 43.8 Å². The maximum absolute atomic E-state index is 12.6. The number of benzene rings is 1. The summed E-state index contributed by atoms with van der Waals surface area (Å²) in [6.45, 7) is 2.63. The minimum absolute atomic E-state index is 0.0821. The van der Waals surface area contributed by atoms with E-state index in [0.29, 0.717) is 38.2 Å². The van der Waals surface area contributed by atoms with Crippen molar-refractivity contribution >= 4 is 17.5 Å². The third-order valence-corrected chi connectivity index (χ3v) is 5.58. The zero-order valence-corrected chi connectivity index (χ0v) is 14.1. The Morgan fingerprint density at radius 1 is 1.28 bits per heavy atom. The number of ether oxygens (including phenoxy) is 1. The lowest BCUT2D eigenvalue weighted by molar-refractivity contribution is -0.140. The van der Waals surface area contributed by atoms with Crippen LogP contribution in [-0.2, 0) is 14.3 Å². The highest BCUT2D eigenvalue weighted by Gasteiger charge is 2.49. The molecule has 3 aliphatic rings. The van der Waals surface area contributed by atoms with Gasteiger partial charge in [-0.1, -0.05) is 0 Å². The SMILES string of the molecule is N#Cc1ccc(N2C[C@]3(CCN(C(=O)[C@H]4CCCO4)C3)CC2=O)cc1. The van der Waals surface area contributed by atoms with Gasteiger partial charge in [-0.2, -0.15) is 5.26 Å². The fourth-order valence-electron chi connectivity index (χ4n) is 4.22. The van der Waals surface area contributed by atoms with Gasteiger partial charge in [0.15, 0.2) is 0 Å². The van der Waals surface area contributed by atoms with Crippen LogP contribution in [0.15, 0.2) is 24.3 Å². The number of nitrogens with zero attached hydrogens (tertiary/aromatic N) is 3. The summed E-state index contributed by atoms with van der Waals surface area (Å²) in [6.07, 6.45) is 2.78. The molecule has 3 heterocycles. The van der Waals surface area contributed by atoms with Gasteiger partial charge in [0.05, 0.1) is 11.6 Å². The molecule has 0 unspecified atom stereocenters. The predicted octanol–water partition coefficient (Wildman–Crippen LogP) is 1.69. The molecule has 2 amide bonds. The Balaban J connectivity index is 1.46. The monoisotopic (exact) mass is 339 g/mol. The lowest BCUT2D eigenvalue weighted by Crippen LogP contribution is -2.39. The number of anilines is 1. The number of hydrogen-bond acceptors (Lipinski definition) is 4. The number of amides is 2. The van der Waals surface area contributed by atoms with E-state index >= 15 is 0 Å². The van der Waals surface area contributed by atoms with Gasteiger partial charge in [-0.3, -0.25) is 9.59 Å². The molecule has 1 spiro atoms. The third kappa shape index (κ3) is 2.89. The van der Waals surface area contributed by atoms with Crippen molar-refractivity contribution in [2.24, 2.45) is 5.41 Å². The van der Waals surface area contributed by atoms with Crippen LogP contribution in [0.3, 0.4) is 0 Å². The molecule has 0 N–H and O–H groups in total. The fraction of sp³-hybridized carbons (Fsp3) is 0.526. The molecule has 3 saturated heterocycles. The third-order valence-electron chi connectivity index (χ3n) is 5.58. The van der Waals surface area contributed by atoms with Gasteiger partial charge in [-0.15, -0.1) is 0 Å². The highest BCUT2D eigenvalue weighted by atomic mass is 16.5. The van der Waals surface area contributed by atoms with Crippen LogP contribution >= 0.6 is 0 Å². The molecule has 0 bridgehead atoms. The van der Waals surface area contributed by atoms with E-state index in [2.05, 4.69) is 6.07 Å². The molecule has 1 aromatic carbocycles. The number of rotatable bonds is 2. The quantitative estimate of drug-likeness (QED) is 0.822. The van der Waals surface area contributed by atoms with Crippen LogP contribution in [0.4, 0.5) is 5.69 Å². The number of nitriles is 1. The first-order valence-electron chi connectivity index (χ1n) is 8.81.